The molecule has 0 amide bonds. The van der Waals surface area contributed by atoms with Gasteiger partial charge in [0.2, 0.25) is 0 Å². The molecule has 0 aliphatic heterocycles. The SMILES string of the molecule is O=C(CCc1ccncc1)OC1CCC2C(=CCC3C4CCCC4CCC23)C1. The molecule has 5 rings (SSSR count). The Labute approximate surface area is 169 Å². The van der Waals surface area contributed by atoms with E-state index in [4.69, 9.17) is 4.74 Å². The lowest BCUT2D eigenvalue weighted by Crippen LogP contribution is -2.41. The van der Waals surface area contributed by atoms with Crippen molar-refractivity contribution in [1.29, 1.82) is 0 Å². The molecule has 0 radical (unpaired) electrons. The highest BCUT2D eigenvalue weighted by molar-refractivity contribution is 5.70. The molecule has 0 aromatic carbocycles. The molecule has 150 valence electrons. The third-order valence-electron chi connectivity index (χ3n) is 8.26. The van der Waals surface area contributed by atoms with Gasteiger partial charge in [0.25, 0.3) is 0 Å². The van der Waals surface area contributed by atoms with Crippen LogP contribution >= 0.6 is 0 Å². The van der Waals surface area contributed by atoms with E-state index in [0.717, 1.165) is 54.4 Å². The zero-order valence-electron chi connectivity index (χ0n) is 16.9. The summed E-state index contributed by atoms with van der Waals surface area (Å²) in [5.74, 6) is 4.67. The molecular formula is C25H33NO2. The van der Waals surface area contributed by atoms with Crippen LogP contribution in [-0.2, 0) is 16.0 Å². The summed E-state index contributed by atoms with van der Waals surface area (Å²) in [6.07, 6.45) is 19.4. The van der Waals surface area contributed by atoms with Gasteiger partial charge in [-0.1, -0.05) is 24.5 Å². The van der Waals surface area contributed by atoms with Crippen LogP contribution in [0.3, 0.4) is 0 Å². The van der Waals surface area contributed by atoms with Crippen LogP contribution in [0, 0.1) is 29.6 Å². The first kappa shape index (κ1) is 18.4. The largest absolute Gasteiger partial charge is 0.462 e. The third kappa shape index (κ3) is 3.65. The first-order chi connectivity index (χ1) is 13.8. The molecular weight excluding hydrogens is 346 g/mol. The van der Waals surface area contributed by atoms with Crippen molar-refractivity contribution >= 4 is 5.97 Å². The van der Waals surface area contributed by atoms with Gasteiger partial charge in [-0.3, -0.25) is 9.78 Å². The van der Waals surface area contributed by atoms with Gasteiger partial charge in [0, 0.05) is 25.2 Å². The molecule has 0 bridgehead atoms. The molecule has 6 atom stereocenters. The van der Waals surface area contributed by atoms with Crippen molar-refractivity contribution in [3.63, 3.8) is 0 Å². The molecule has 0 saturated heterocycles. The topological polar surface area (TPSA) is 39.2 Å². The van der Waals surface area contributed by atoms with Crippen molar-refractivity contribution in [3.8, 4) is 0 Å². The quantitative estimate of drug-likeness (QED) is 0.512. The van der Waals surface area contributed by atoms with Crippen LogP contribution in [0.4, 0.5) is 0 Å². The molecule has 3 saturated carbocycles. The number of aryl methyl sites for hydroxylation is 1. The Morgan fingerprint density at radius 2 is 1.89 bits per heavy atom. The van der Waals surface area contributed by atoms with Gasteiger partial charge in [-0.25, -0.2) is 0 Å². The first-order valence-corrected chi connectivity index (χ1v) is 11.5. The summed E-state index contributed by atoms with van der Waals surface area (Å²) >= 11 is 0. The van der Waals surface area contributed by atoms with Crippen molar-refractivity contribution in [2.45, 2.75) is 76.7 Å². The van der Waals surface area contributed by atoms with E-state index in [1.54, 1.807) is 18.0 Å². The summed E-state index contributed by atoms with van der Waals surface area (Å²) in [6.45, 7) is 0. The molecule has 0 spiro atoms. The maximum Gasteiger partial charge on any atom is 0.306 e. The van der Waals surface area contributed by atoms with Crippen LogP contribution in [0.2, 0.25) is 0 Å². The minimum Gasteiger partial charge on any atom is -0.462 e. The number of rotatable bonds is 4. The number of carbonyl (C=O) groups is 1. The number of carbonyl (C=O) groups excluding carboxylic acids is 1. The predicted molar refractivity (Wildman–Crippen MR) is 110 cm³/mol. The van der Waals surface area contributed by atoms with Gasteiger partial charge >= 0.3 is 5.97 Å². The van der Waals surface area contributed by atoms with Crippen LogP contribution in [0.5, 0.6) is 0 Å². The number of esters is 1. The minimum absolute atomic E-state index is 0.0407. The fraction of sp³-hybridized carbons (Fsp3) is 0.680. The first-order valence-electron chi connectivity index (χ1n) is 11.5. The zero-order valence-corrected chi connectivity index (χ0v) is 16.9. The lowest BCUT2D eigenvalue weighted by Gasteiger charge is -2.49. The summed E-state index contributed by atoms with van der Waals surface area (Å²) in [5.41, 5.74) is 2.77. The Morgan fingerprint density at radius 3 is 2.79 bits per heavy atom. The second kappa shape index (κ2) is 8.00. The lowest BCUT2D eigenvalue weighted by atomic mass is 9.57. The highest BCUT2D eigenvalue weighted by Crippen LogP contribution is 2.56. The summed E-state index contributed by atoms with van der Waals surface area (Å²) in [6, 6.07) is 3.95. The smallest absolute Gasteiger partial charge is 0.306 e. The monoisotopic (exact) mass is 379 g/mol. The number of hydrogen-bond acceptors (Lipinski definition) is 3. The van der Waals surface area contributed by atoms with Crippen molar-refractivity contribution in [1.82, 2.24) is 4.98 Å². The molecule has 6 unspecified atom stereocenters. The second-order valence-corrected chi connectivity index (χ2v) is 9.63. The lowest BCUT2D eigenvalue weighted by molar-refractivity contribution is -0.150. The van der Waals surface area contributed by atoms with Crippen LogP contribution in [0.25, 0.3) is 0 Å². The van der Waals surface area contributed by atoms with Gasteiger partial charge in [0.05, 0.1) is 0 Å². The normalized spacial score (nSPS) is 36.6. The number of aromatic nitrogens is 1. The number of fused-ring (bicyclic) bond motifs is 5. The van der Waals surface area contributed by atoms with E-state index in [1.807, 2.05) is 12.1 Å². The number of nitrogens with zero attached hydrogens (tertiary/aromatic N) is 1. The van der Waals surface area contributed by atoms with Gasteiger partial charge in [-0.2, -0.15) is 0 Å². The van der Waals surface area contributed by atoms with E-state index in [9.17, 15) is 4.79 Å². The van der Waals surface area contributed by atoms with Gasteiger partial charge in [0.1, 0.15) is 6.10 Å². The van der Waals surface area contributed by atoms with Gasteiger partial charge in [0.15, 0.2) is 0 Å². The van der Waals surface area contributed by atoms with Crippen LogP contribution < -0.4 is 0 Å². The zero-order chi connectivity index (χ0) is 18.9. The number of ether oxygens (including phenoxy) is 1. The highest BCUT2D eigenvalue weighted by atomic mass is 16.5. The van der Waals surface area contributed by atoms with E-state index < -0.39 is 0 Å². The Morgan fingerprint density at radius 1 is 1.00 bits per heavy atom. The number of allylic oxidation sites excluding steroid dienone is 1. The Hall–Kier alpha value is -1.64. The van der Waals surface area contributed by atoms with Crippen LogP contribution in [-0.4, -0.2) is 17.1 Å². The molecule has 28 heavy (non-hydrogen) atoms. The molecule has 3 fully saturated rings. The van der Waals surface area contributed by atoms with Gasteiger partial charge in [-0.15, -0.1) is 0 Å². The fourth-order valence-corrected chi connectivity index (χ4v) is 6.99. The standard InChI is InChI=1S/C25H33NO2/c27-25(11-4-17-12-14-26-15-13-17)28-20-7-10-22-19(16-20)6-9-23-21-3-1-2-18(21)5-8-24(22)23/h6,12-15,18,20-24H,1-5,7-11,16H2. The summed E-state index contributed by atoms with van der Waals surface area (Å²) in [4.78, 5) is 16.4. The summed E-state index contributed by atoms with van der Waals surface area (Å²) < 4.78 is 5.87. The van der Waals surface area contributed by atoms with Gasteiger partial charge < -0.3 is 4.74 Å². The summed E-state index contributed by atoms with van der Waals surface area (Å²) in [7, 11) is 0. The summed E-state index contributed by atoms with van der Waals surface area (Å²) in [5, 5.41) is 0. The molecule has 3 nitrogen and oxygen atoms in total. The van der Waals surface area contributed by atoms with Crippen molar-refractivity contribution < 1.29 is 9.53 Å². The second-order valence-electron chi connectivity index (χ2n) is 9.63. The number of hydrogen-bond donors (Lipinski definition) is 0. The van der Waals surface area contributed by atoms with Crippen molar-refractivity contribution in [2.24, 2.45) is 29.6 Å². The third-order valence-corrected chi connectivity index (χ3v) is 8.26. The van der Waals surface area contributed by atoms with E-state index in [-0.39, 0.29) is 12.1 Å². The van der Waals surface area contributed by atoms with Gasteiger partial charge in [-0.05, 0) is 92.2 Å². The molecule has 0 N–H and O–H groups in total. The van der Waals surface area contributed by atoms with E-state index in [0.29, 0.717) is 6.42 Å². The molecule has 4 aliphatic rings. The Balaban J connectivity index is 1.16. The van der Waals surface area contributed by atoms with E-state index >= 15 is 0 Å². The fourth-order valence-electron chi connectivity index (χ4n) is 6.99. The van der Waals surface area contributed by atoms with E-state index in [1.165, 1.54) is 44.9 Å². The Bertz CT molecular complexity index is 727. The Kier molecular flexibility index (Phi) is 5.26. The molecule has 1 aromatic heterocycles. The maximum absolute atomic E-state index is 12.3. The predicted octanol–water partition coefficient (Wildman–Crippen LogP) is 5.50. The molecule has 4 aliphatic carbocycles. The highest BCUT2D eigenvalue weighted by Gasteiger charge is 2.47. The minimum atomic E-state index is -0.0407. The number of pyridine rings is 1. The van der Waals surface area contributed by atoms with Crippen molar-refractivity contribution in [3.05, 3.63) is 41.7 Å². The van der Waals surface area contributed by atoms with Crippen LogP contribution in [0.1, 0.15) is 69.8 Å². The maximum atomic E-state index is 12.3. The average Bonchev–Trinajstić information content (AvgIpc) is 3.22. The van der Waals surface area contributed by atoms with Crippen molar-refractivity contribution in [2.75, 3.05) is 0 Å². The average molecular weight is 380 g/mol. The van der Waals surface area contributed by atoms with Crippen LogP contribution in [0.15, 0.2) is 36.2 Å². The molecule has 1 aromatic rings. The van der Waals surface area contributed by atoms with E-state index in [2.05, 4.69) is 11.1 Å². The molecule has 1 heterocycles. The molecule has 3 heteroatoms.